The molecule has 0 atom stereocenters. The van der Waals surface area contributed by atoms with Crippen molar-refractivity contribution in [3.05, 3.63) is 48.7 Å². The standard InChI is InChI=1S/C27H27N11O3/c28-24(37-1-5-40-6-2-37)20-14-30-15-21-22(20)34-26(33-21)23-19-10-17(12-31-25(19)36-35-23)16-9-18(13-29-11-16)32-27(39)38-3-7-41-8-4-38/h9-15,28H,1-8H2,(H,32,39)(H,33,34)(H,31,35,36). The van der Waals surface area contributed by atoms with Crippen LogP contribution in [0.1, 0.15) is 5.56 Å². The summed E-state index contributed by atoms with van der Waals surface area (Å²) in [6, 6.07) is 3.65. The first-order valence-corrected chi connectivity index (χ1v) is 13.3. The molecule has 2 amide bonds. The molecule has 5 aromatic heterocycles. The van der Waals surface area contributed by atoms with Gasteiger partial charge in [-0.1, -0.05) is 0 Å². The number of nitrogens with one attached hydrogen (secondary N) is 4. The zero-order valence-electron chi connectivity index (χ0n) is 22.1. The first-order chi connectivity index (χ1) is 20.1. The summed E-state index contributed by atoms with van der Waals surface area (Å²) in [5, 5.41) is 19.9. The van der Waals surface area contributed by atoms with Gasteiger partial charge in [-0.3, -0.25) is 20.5 Å². The second-order valence-corrected chi connectivity index (χ2v) is 9.80. The average molecular weight is 554 g/mol. The molecule has 0 spiro atoms. The van der Waals surface area contributed by atoms with Crippen LogP contribution < -0.4 is 5.32 Å². The Kier molecular flexibility index (Phi) is 6.45. The lowest BCUT2D eigenvalue weighted by atomic mass is 10.1. The van der Waals surface area contributed by atoms with Crippen molar-refractivity contribution in [3.63, 3.8) is 0 Å². The van der Waals surface area contributed by atoms with E-state index in [2.05, 4.69) is 35.5 Å². The van der Waals surface area contributed by atoms with E-state index in [9.17, 15) is 4.79 Å². The third-order valence-corrected chi connectivity index (χ3v) is 7.24. The number of urea groups is 1. The molecule has 0 radical (unpaired) electrons. The second-order valence-electron chi connectivity index (χ2n) is 9.80. The van der Waals surface area contributed by atoms with Crippen LogP contribution in [0.2, 0.25) is 0 Å². The molecule has 0 unspecified atom stereocenters. The molecule has 0 bridgehead atoms. The number of anilines is 1. The highest BCUT2D eigenvalue weighted by molar-refractivity contribution is 6.06. The van der Waals surface area contributed by atoms with E-state index >= 15 is 0 Å². The Morgan fingerprint density at radius 1 is 0.902 bits per heavy atom. The number of imidazole rings is 1. The van der Waals surface area contributed by atoms with Gasteiger partial charge in [0.2, 0.25) is 0 Å². The van der Waals surface area contributed by atoms with Crippen molar-refractivity contribution in [2.24, 2.45) is 0 Å². The highest BCUT2D eigenvalue weighted by atomic mass is 16.5. The SMILES string of the molecule is N=C(c1cncc2[nH]c(-c3[nH]nc4ncc(-c5cncc(NC(=O)N6CCOCC6)c5)cc34)nc12)N1CCOCC1. The summed E-state index contributed by atoms with van der Waals surface area (Å²) in [5.41, 5.74) is 5.42. The molecule has 14 heteroatoms. The van der Waals surface area contributed by atoms with Crippen LogP contribution in [-0.2, 0) is 9.47 Å². The van der Waals surface area contributed by atoms with Gasteiger partial charge in [-0.2, -0.15) is 5.10 Å². The number of pyridine rings is 3. The Labute approximate surface area is 233 Å². The van der Waals surface area contributed by atoms with E-state index in [1.807, 2.05) is 17.0 Å². The van der Waals surface area contributed by atoms with E-state index < -0.39 is 0 Å². The molecule has 7 heterocycles. The Hall–Kier alpha value is -4.95. The number of aromatic nitrogens is 7. The summed E-state index contributed by atoms with van der Waals surface area (Å²) in [7, 11) is 0. The third kappa shape index (κ3) is 4.83. The highest BCUT2D eigenvalue weighted by Crippen LogP contribution is 2.30. The molecule has 4 N–H and O–H groups in total. The molecule has 208 valence electrons. The minimum atomic E-state index is -0.182. The van der Waals surface area contributed by atoms with Crippen molar-refractivity contribution >= 4 is 39.6 Å². The molecule has 2 aliphatic heterocycles. The Bertz CT molecular complexity index is 1750. The predicted molar refractivity (Wildman–Crippen MR) is 151 cm³/mol. The van der Waals surface area contributed by atoms with E-state index in [-0.39, 0.29) is 6.03 Å². The molecule has 5 aromatic rings. The lowest BCUT2D eigenvalue weighted by molar-refractivity contribution is 0.0564. The second kappa shape index (κ2) is 10.6. The zero-order valence-corrected chi connectivity index (χ0v) is 22.1. The van der Waals surface area contributed by atoms with Crippen molar-refractivity contribution in [1.29, 1.82) is 5.41 Å². The van der Waals surface area contributed by atoms with Crippen LogP contribution in [0.15, 0.2) is 43.1 Å². The lowest BCUT2D eigenvalue weighted by Gasteiger charge is -2.28. The molecule has 14 nitrogen and oxygen atoms in total. The summed E-state index contributed by atoms with van der Waals surface area (Å²) < 4.78 is 10.8. The monoisotopic (exact) mass is 553 g/mol. The van der Waals surface area contributed by atoms with Gasteiger partial charge in [0.15, 0.2) is 11.5 Å². The number of nitrogens with zero attached hydrogens (tertiary/aromatic N) is 7. The highest BCUT2D eigenvalue weighted by Gasteiger charge is 2.21. The molecule has 2 saturated heterocycles. The Morgan fingerprint density at radius 3 is 2.44 bits per heavy atom. The molecule has 0 saturated carbocycles. The number of fused-ring (bicyclic) bond motifs is 2. The van der Waals surface area contributed by atoms with Gasteiger partial charge in [0.05, 0.1) is 61.0 Å². The number of carbonyl (C=O) groups is 1. The van der Waals surface area contributed by atoms with Crippen LogP contribution in [0.3, 0.4) is 0 Å². The van der Waals surface area contributed by atoms with Crippen LogP contribution in [0.4, 0.5) is 10.5 Å². The number of hydrogen-bond donors (Lipinski definition) is 4. The van der Waals surface area contributed by atoms with Crippen LogP contribution in [0, 0.1) is 5.41 Å². The molecule has 2 fully saturated rings. The van der Waals surface area contributed by atoms with E-state index in [1.54, 1.807) is 35.9 Å². The first-order valence-electron chi connectivity index (χ1n) is 13.3. The summed E-state index contributed by atoms with van der Waals surface area (Å²) >= 11 is 0. The van der Waals surface area contributed by atoms with Gasteiger partial charge in [0.25, 0.3) is 0 Å². The maximum atomic E-state index is 12.7. The topological polar surface area (TPSA) is 174 Å². The number of ether oxygens (including phenoxy) is 2. The first kappa shape index (κ1) is 25.0. The van der Waals surface area contributed by atoms with Crippen molar-refractivity contribution in [3.8, 4) is 22.6 Å². The van der Waals surface area contributed by atoms with Crippen molar-refractivity contribution in [2.75, 3.05) is 57.9 Å². The number of carbonyl (C=O) groups excluding carboxylic acids is 1. The Morgan fingerprint density at radius 2 is 1.63 bits per heavy atom. The quantitative estimate of drug-likeness (QED) is 0.193. The van der Waals surface area contributed by atoms with E-state index in [1.165, 1.54) is 0 Å². The number of hydrogen-bond acceptors (Lipinski definition) is 9. The van der Waals surface area contributed by atoms with Gasteiger partial charge in [-0.05, 0) is 12.1 Å². The maximum absolute atomic E-state index is 12.7. The minimum Gasteiger partial charge on any atom is -0.378 e. The van der Waals surface area contributed by atoms with E-state index in [0.29, 0.717) is 92.4 Å². The number of morpholine rings is 2. The van der Waals surface area contributed by atoms with Crippen molar-refractivity contribution in [2.45, 2.75) is 0 Å². The smallest absolute Gasteiger partial charge is 0.322 e. The number of aromatic amines is 2. The van der Waals surface area contributed by atoms with Crippen LogP contribution >= 0.6 is 0 Å². The number of amidine groups is 1. The fraction of sp³-hybridized carbons (Fsp3) is 0.296. The summed E-state index contributed by atoms with van der Waals surface area (Å²) in [4.78, 5) is 37.7. The third-order valence-electron chi connectivity index (χ3n) is 7.24. The van der Waals surface area contributed by atoms with Crippen molar-refractivity contribution < 1.29 is 14.3 Å². The molecule has 0 aromatic carbocycles. The summed E-state index contributed by atoms with van der Waals surface area (Å²) in [6.45, 7) is 4.65. The molecular weight excluding hydrogens is 526 g/mol. The van der Waals surface area contributed by atoms with Gasteiger partial charge in [0.1, 0.15) is 17.0 Å². The molecule has 0 aliphatic carbocycles. The van der Waals surface area contributed by atoms with Gasteiger partial charge in [-0.15, -0.1) is 0 Å². The predicted octanol–water partition coefficient (Wildman–Crippen LogP) is 2.48. The summed E-state index contributed by atoms with van der Waals surface area (Å²) in [6.07, 6.45) is 8.44. The number of H-pyrrole nitrogens is 2. The molecule has 41 heavy (non-hydrogen) atoms. The van der Waals surface area contributed by atoms with Crippen molar-refractivity contribution in [1.82, 2.24) is 44.9 Å². The van der Waals surface area contributed by atoms with E-state index in [0.717, 1.165) is 22.0 Å². The minimum absolute atomic E-state index is 0.182. The van der Waals surface area contributed by atoms with Gasteiger partial charge in [-0.25, -0.2) is 14.8 Å². The average Bonchev–Trinajstić information content (AvgIpc) is 3.65. The maximum Gasteiger partial charge on any atom is 0.322 e. The molecular formula is C27H27N11O3. The normalized spacial score (nSPS) is 15.9. The number of amides is 2. The molecule has 2 aliphatic rings. The van der Waals surface area contributed by atoms with Crippen LogP contribution in [0.5, 0.6) is 0 Å². The summed E-state index contributed by atoms with van der Waals surface area (Å²) in [5.74, 6) is 0.936. The van der Waals surface area contributed by atoms with Crippen LogP contribution in [-0.4, -0.2) is 109 Å². The van der Waals surface area contributed by atoms with E-state index in [4.69, 9.17) is 19.9 Å². The zero-order chi connectivity index (χ0) is 27.8. The van der Waals surface area contributed by atoms with Gasteiger partial charge < -0.3 is 29.6 Å². The number of rotatable bonds is 4. The lowest BCUT2D eigenvalue weighted by Crippen LogP contribution is -2.43. The largest absolute Gasteiger partial charge is 0.378 e. The fourth-order valence-electron chi connectivity index (χ4n) is 5.06. The molecule has 7 rings (SSSR count). The Balaban J connectivity index is 1.19. The van der Waals surface area contributed by atoms with Gasteiger partial charge >= 0.3 is 6.03 Å². The van der Waals surface area contributed by atoms with Gasteiger partial charge in [0, 0.05) is 55.9 Å². The van der Waals surface area contributed by atoms with Crippen LogP contribution in [0.25, 0.3) is 44.7 Å². The fourth-order valence-corrected chi connectivity index (χ4v) is 5.06.